The molecular formula is C13H22N4O. The Hall–Kier alpha value is -1.10. The third-order valence-corrected chi connectivity index (χ3v) is 3.54. The molecule has 0 radical (unpaired) electrons. The molecule has 0 aromatic carbocycles. The third-order valence-electron chi connectivity index (χ3n) is 3.54. The number of hydrogen-bond acceptors (Lipinski definition) is 5. The highest BCUT2D eigenvalue weighted by Gasteiger charge is 2.36. The Morgan fingerprint density at radius 2 is 2.11 bits per heavy atom. The molecule has 100 valence electrons. The van der Waals surface area contributed by atoms with Gasteiger partial charge in [0.05, 0.1) is 6.54 Å². The number of anilines is 1. The molecule has 0 atom stereocenters. The maximum absolute atomic E-state index is 5.76. The Morgan fingerprint density at radius 3 is 2.78 bits per heavy atom. The van der Waals surface area contributed by atoms with Gasteiger partial charge in [-0.25, -0.2) is 0 Å². The quantitative estimate of drug-likeness (QED) is 0.715. The summed E-state index contributed by atoms with van der Waals surface area (Å²) in [6.45, 7) is 4.93. The van der Waals surface area contributed by atoms with E-state index in [-0.39, 0.29) is 0 Å². The summed E-state index contributed by atoms with van der Waals surface area (Å²) in [7, 11) is 0. The normalized spacial score (nSPS) is 19.2. The third kappa shape index (κ3) is 3.02. The molecule has 3 rings (SSSR count). The Labute approximate surface area is 108 Å². The van der Waals surface area contributed by atoms with Crippen molar-refractivity contribution in [2.45, 2.75) is 51.6 Å². The van der Waals surface area contributed by atoms with Gasteiger partial charge in [-0.3, -0.25) is 0 Å². The molecular weight excluding hydrogens is 228 g/mol. The van der Waals surface area contributed by atoms with Gasteiger partial charge in [0.25, 0.3) is 0 Å². The van der Waals surface area contributed by atoms with Crippen LogP contribution in [-0.2, 0) is 6.54 Å². The molecule has 2 aliphatic rings. The van der Waals surface area contributed by atoms with Crippen molar-refractivity contribution >= 4 is 6.01 Å². The van der Waals surface area contributed by atoms with Gasteiger partial charge in [0, 0.05) is 12.6 Å². The summed E-state index contributed by atoms with van der Waals surface area (Å²) in [6, 6.07) is 1.39. The van der Waals surface area contributed by atoms with Gasteiger partial charge in [-0.1, -0.05) is 12.0 Å². The Morgan fingerprint density at radius 1 is 1.28 bits per heavy atom. The van der Waals surface area contributed by atoms with E-state index >= 15 is 0 Å². The van der Waals surface area contributed by atoms with Gasteiger partial charge in [-0.2, -0.15) is 0 Å². The van der Waals surface area contributed by atoms with Gasteiger partial charge in [-0.05, 0) is 44.6 Å². The average Bonchev–Trinajstić information content (AvgIpc) is 3.27. The first-order valence-corrected chi connectivity index (χ1v) is 7.16. The zero-order valence-corrected chi connectivity index (χ0v) is 11.1. The number of aromatic nitrogens is 2. The van der Waals surface area contributed by atoms with Gasteiger partial charge in [0.15, 0.2) is 0 Å². The summed E-state index contributed by atoms with van der Waals surface area (Å²) in [5, 5.41) is 11.6. The molecule has 0 saturated heterocycles. The minimum atomic E-state index is 0.655. The Kier molecular flexibility index (Phi) is 3.50. The van der Waals surface area contributed by atoms with Gasteiger partial charge in [-0.15, -0.1) is 5.10 Å². The van der Waals surface area contributed by atoms with Crippen molar-refractivity contribution in [3.05, 3.63) is 5.89 Å². The molecule has 2 aliphatic carbocycles. The summed E-state index contributed by atoms with van der Waals surface area (Å²) >= 11 is 0. The molecule has 0 amide bonds. The van der Waals surface area contributed by atoms with Crippen molar-refractivity contribution in [2.75, 3.05) is 18.0 Å². The van der Waals surface area contributed by atoms with Crippen molar-refractivity contribution in [3.63, 3.8) is 0 Å². The SMILES string of the molecule is CCCNCc1nnc(N(CC2CC2)C2CC2)o1. The molecule has 1 N–H and O–H groups in total. The standard InChI is InChI=1S/C13H22N4O/c1-2-7-14-8-12-15-16-13(18-12)17(11-5-6-11)9-10-3-4-10/h10-11,14H,2-9H2,1H3. The first-order valence-electron chi connectivity index (χ1n) is 7.16. The summed E-state index contributed by atoms with van der Waals surface area (Å²) in [5.74, 6) is 1.57. The van der Waals surface area contributed by atoms with Gasteiger partial charge in [0.2, 0.25) is 5.89 Å². The maximum atomic E-state index is 5.76. The van der Waals surface area contributed by atoms with E-state index in [9.17, 15) is 0 Å². The molecule has 1 heterocycles. The minimum absolute atomic E-state index is 0.655. The fraction of sp³-hybridized carbons (Fsp3) is 0.846. The fourth-order valence-corrected chi connectivity index (χ4v) is 2.15. The monoisotopic (exact) mass is 250 g/mol. The number of nitrogens with one attached hydrogen (secondary N) is 1. The zero-order chi connectivity index (χ0) is 12.4. The molecule has 5 heteroatoms. The largest absolute Gasteiger partial charge is 0.407 e. The van der Waals surface area contributed by atoms with E-state index in [1.165, 1.54) is 25.7 Å². The van der Waals surface area contributed by atoms with Crippen LogP contribution in [0.4, 0.5) is 6.01 Å². The Balaban J connectivity index is 1.58. The first kappa shape index (κ1) is 12.0. The topological polar surface area (TPSA) is 54.2 Å². The predicted octanol–water partition coefficient (Wildman–Crippen LogP) is 1.95. The van der Waals surface area contributed by atoms with Crippen molar-refractivity contribution < 1.29 is 4.42 Å². The van der Waals surface area contributed by atoms with E-state index in [2.05, 4.69) is 27.3 Å². The smallest absolute Gasteiger partial charge is 0.318 e. The molecule has 1 aromatic heterocycles. The van der Waals surface area contributed by atoms with E-state index < -0.39 is 0 Å². The second-order valence-corrected chi connectivity index (χ2v) is 5.48. The highest BCUT2D eigenvalue weighted by molar-refractivity contribution is 5.30. The Bertz CT molecular complexity index is 384. The van der Waals surface area contributed by atoms with E-state index in [1.54, 1.807) is 0 Å². The summed E-state index contributed by atoms with van der Waals surface area (Å²) < 4.78 is 5.76. The fourth-order valence-electron chi connectivity index (χ4n) is 2.15. The second kappa shape index (κ2) is 5.26. The lowest BCUT2D eigenvalue weighted by atomic mass is 10.4. The lowest BCUT2D eigenvalue weighted by molar-refractivity contribution is 0.456. The van der Waals surface area contributed by atoms with Crippen LogP contribution >= 0.6 is 0 Å². The molecule has 18 heavy (non-hydrogen) atoms. The van der Waals surface area contributed by atoms with Crippen LogP contribution in [0.1, 0.15) is 44.9 Å². The number of rotatable bonds is 8. The highest BCUT2D eigenvalue weighted by Crippen LogP contribution is 2.37. The molecule has 0 spiro atoms. The van der Waals surface area contributed by atoms with Crippen LogP contribution in [0.15, 0.2) is 4.42 Å². The highest BCUT2D eigenvalue weighted by atomic mass is 16.4. The number of nitrogens with zero attached hydrogens (tertiary/aromatic N) is 3. The summed E-state index contributed by atoms with van der Waals surface area (Å²) in [5.41, 5.74) is 0. The van der Waals surface area contributed by atoms with Gasteiger partial charge >= 0.3 is 6.01 Å². The van der Waals surface area contributed by atoms with Crippen molar-refractivity contribution in [2.24, 2.45) is 5.92 Å². The van der Waals surface area contributed by atoms with Crippen molar-refractivity contribution in [1.29, 1.82) is 0 Å². The van der Waals surface area contributed by atoms with Crippen molar-refractivity contribution in [3.8, 4) is 0 Å². The second-order valence-electron chi connectivity index (χ2n) is 5.48. The van der Waals surface area contributed by atoms with Crippen LogP contribution in [0.3, 0.4) is 0 Å². The van der Waals surface area contributed by atoms with E-state index in [4.69, 9.17) is 4.42 Å². The molecule has 0 bridgehead atoms. The van der Waals surface area contributed by atoms with Crippen LogP contribution < -0.4 is 10.2 Å². The maximum Gasteiger partial charge on any atom is 0.318 e. The van der Waals surface area contributed by atoms with Crippen LogP contribution in [0.25, 0.3) is 0 Å². The van der Waals surface area contributed by atoms with Crippen molar-refractivity contribution in [1.82, 2.24) is 15.5 Å². The van der Waals surface area contributed by atoms with Crippen LogP contribution in [0, 0.1) is 5.92 Å². The molecule has 2 fully saturated rings. The summed E-state index contributed by atoms with van der Waals surface area (Å²) in [4.78, 5) is 2.33. The van der Waals surface area contributed by atoms with Crippen LogP contribution in [-0.4, -0.2) is 29.3 Å². The molecule has 1 aromatic rings. The molecule has 2 saturated carbocycles. The zero-order valence-electron chi connectivity index (χ0n) is 11.1. The molecule has 0 aliphatic heterocycles. The number of hydrogen-bond donors (Lipinski definition) is 1. The average molecular weight is 250 g/mol. The van der Waals surface area contributed by atoms with E-state index in [0.717, 1.165) is 31.4 Å². The lowest BCUT2D eigenvalue weighted by Crippen LogP contribution is -2.28. The van der Waals surface area contributed by atoms with E-state index in [1.807, 2.05) is 0 Å². The van der Waals surface area contributed by atoms with E-state index in [0.29, 0.717) is 18.5 Å². The molecule has 0 unspecified atom stereocenters. The summed E-state index contributed by atoms with van der Waals surface area (Å²) in [6.07, 6.45) is 6.40. The first-order chi connectivity index (χ1) is 8.86. The van der Waals surface area contributed by atoms with Crippen LogP contribution in [0.2, 0.25) is 0 Å². The minimum Gasteiger partial charge on any atom is -0.407 e. The van der Waals surface area contributed by atoms with Crippen LogP contribution in [0.5, 0.6) is 0 Å². The molecule has 5 nitrogen and oxygen atoms in total. The van der Waals surface area contributed by atoms with Gasteiger partial charge in [0.1, 0.15) is 0 Å². The lowest BCUT2D eigenvalue weighted by Gasteiger charge is -2.18. The predicted molar refractivity (Wildman–Crippen MR) is 69.4 cm³/mol. The van der Waals surface area contributed by atoms with Gasteiger partial charge < -0.3 is 14.6 Å².